The van der Waals surface area contributed by atoms with Crippen molar-refractivity contribution in [1.82, 2.24) is 4.98 Å². The van der Waals surface area contributed by atoms with Gasteiger partial charge in [-0.3, -0.25) is 0 Å². The van der Waals surface area contributed by atoms with Gasteiger partial charge in [0.25, 0.3) is 0 Å². The van der Waals surface area contributed by atoms with Gasteiger partial charge in [0.15, 0.2) is 11.5 Å². The first-order chi connectivity index (χ1) is 10.1. The molecule has 106 valence electrons. The zero-order valence-electron chi connectivity index (χ0n) is 11.7. The van der Waals surface area contributed by atoms with Crippen LogP contribution in [0.3, 0.4) is 0 Å². The van der Waals surface area contributed by atoms with Gasteiger partial charge < -0.3 is 9.47 Å². The number of rotatable bonds is 2. The minimum atomic E-state index is 0.188. The van der Waals surface area contributed by atoms with Gasteiger partial charge in [-0.25, -0.2) is 4.98 Å². The molecule has 0 N–H and O–H groups in total. The third-order valence-electron chi connectivity index (χ3n) is 3.41. The first-order valence-electron chi connectivity index (χ1n) is 6.60. The van der Waals surface area contributed by atoms with Gasteiger partial charge in [-0.15, -0.1) is 0 Å². The molecule has 2 heterocycles. The van der Waals surface area contributed by atoms with E-state index in [2.05, 4.69) is 11.1 Å². The third kappa shape index (κ3) is 2.41. The summed E-state index contributed by atoms with van der Waals surface area (Å²) in [5, 5.41) is 9.46. The van der Waals surface area contributed by atoms with Crippen LogP contribution in [0.15, 0.2) is 24.3 Å². The number of nitrogens with zero attached hydrogens (tertiary/aromatic N) is 2. The van der Waals surface area contributed by atoms with Gasteiger partial charge in [0, 0.05) is 5.56 Å². The SMILES string of the molecule is CC(C)c1cc(-c2ccc3c(c2)OCO3)nc(Cl)c1C#N. The lowest BCUT2D eigenvalue weighted by atomic mass is 9.97. The number of pyridine rings is 1. The molecular formula is C16H13ClN2O2. The Hall–Kier alpha value is -2.25. The van der Waals surface area contributed by atoms with Gasteiger partial charge in [0.1, 0.15) is 11.2 Å². The van der Waals surface area contributed by atoms with Crippen LogP contribution in [-0.2, 0) is 0 Å². The van der Waals surface area contributed by atoms with Crippen LogP contribution in [-0.4, -0.2) is 11.8 Å². The van der Waals surface area contributed by atoms with Crippen molar-refractivity contribution in [2.24, 2.45) is 0 Å². The molecule has 1 aromatic heterocycles. The second-order valence-electron chi connectivity index (χ2n) is 5.10. The molecular weight excluding hydrogens is 288 g/mol. The molecule has 0 aliphatic carbocycles. The van der Waals surface area contributed by atoms with Gasteiger partial charge in [-0.05, 0) is 35.7 Å². The minimum absolute atomic E-state index is 0.188. The summed E-state index contributed by atoms with van der Waals surface area (Å²) in [6, 6.07) is 9.66. The molecule has 0 bridgehead atoms. The van der Waals surface area contributed by atoms with E-state index in [1.54, 1.807) is 0 Å². The fourth-order valence-corrected chi connectivity index (χ4v) is 2.54. The molecule has 0 saturated carbocycles. The summed E-state index contributed by atoms with van der Waals surface area (Å²) in [7, 11) is 0. The third-order valence-corrected chi connectivity index (χ3v) is 3.68. The van der Waals surface area contributed by atoms with Crippen LogP contribution in [0.5, 0.6) is 11.5 Å². The first kappa shape index (κ1) is 13.7. The zero-order chi connectivity index (χ0) is 15.0. The Morgan fingerprint density at radius 3 is 2.71 bits per heavy atom. The van der Waals surface area contributed by atoms with Crippen molar-refractivity contribution in [2.45, 2.75) is 19.8 Å². The summed E-state index contributed by atoms with van der Waals surface area (Å²) in [4.78, 5) is 4.33. The van der Waals surface area contributed by atoms with Crippen LogP contribution in [0, 0.1) is 11.3 Å². The Labute approximate surface area is 127 Å². The standard InChI is InChI=1S/C16H13ClN2O2/c1-9(2)11-6-13(19-16(17)12(11)7-18)10-3-4-14-15(5-10)21-8-20-14/h3-6,9H,8H2,1-2H3. The Kier molecular flexibility index (Phi) is 3.44. The number of fused-ring (bicyclic) bond motifs is 1. The number of ether oxygens (including phenoxy) is 2. The van der Waals surface area contributed by atoms with E-state index in [1.165, 1.54) is 0 Å². The maximum atomic E-state index is 9.23. The van der Waals surface area contributed by atoms with E-state index >= 15 is 0 Å². The van der Waals surface area contributed by atoms with E-state index in [0.29, 0.717) is 11.3 Å². The first-order valence-corrected chi connectivity index (χ1v) is 6.98. The summed E-state index contributed by atoms with van der Waals surface area (Å²) >= 11 is 6.16. The second kappa shape index (κ2) is 5.27. The van der Waals surface area contributed by atoms with Crippen LogP contribution in [0.2, 0.25) is 5.15 Å². The van der Waals surface area contributed by atoms with Crippen molar-refractivity contribution in [3.05, 3.63) is 40.5 Å². The van der Waals surface area contributed by atoms with Crippen LogP contribution in [0.25, 0.3) is 11.3 Å². The lowest BCUT2D eigenvalue weighted by Gasteiger charge is -2.12. The van der Waals surface area contributed by atoms with Crippen LogP contribution >= 0.6 is 11.6 Å². The molecule has 0 radical (unpaired) electrons. The quantitative estimate of drug-likeness (QED) is 0.783. The fraction of sp³-hybridized carbons (Fsp3) is 0.250. The molecule has 0 fully saturated rings. The molecule has 1 aliphatic rings. The summed E-state index contributed by atoms with van der Waals surface area (Å²) in [5.41, 5.74) is 2.94. The molecule has 0 atom stereocenters. The van der Waals surface area contributed by atoms with E-state index in [4.69, 9.17) is 21.1 Å². The Morgan fingerprint density at radius 1 is 1.24 bits per heavy atom. The van der Waals surface area contributed by atoms with Gasteiger partial charge in [0.2, 0.25) is 6.79 Å². The average molecular weight is 301 g/mol. The highest BCUT2D eigenvalue weighted by Gasteiger charge is 2.17. The molecule has 0 amide bonds. The molecule has 5 heteroatoms. The molecule has 0 unspecified atom stereocenters. The van der Waals surface area contributed by atoms with E-state index < -0.39 is 0 Å². The number of hydrogen-bond acceptors (Lipinski definition) is 4. The summed E-state index contributed by atoms with van der Waals surface area (Å²) in [5.74, 6) is 1.61. The monoisotopic (exact) mass is 300 g/mol. The fourth-order valence-electron chi connectivity index (χ4n) is 2.30. The van der Waals surface area contributed by atoms with Crippen LogP contribution < -0.4 is 9.47 Å². The van der Waals surface area contributed by atoms with Gasteiger partial charge >= 0.3 is 0 Å². The van der Waals surface area contributed by atoms with Crippen molar-refractivity contribution in [1.29, 1.82) is 5.26 Å². The highest BCUT2D eigenvalue weighted by atomic mass is 35.5. The van der Waals surface area contributed by atoms with E-state index in [9.17, 15) is 5.26 Å². The predicted molar refractivity (Wildman–Crippen MR) is 79.6 cm³/mol. The molecule has 1 aliphatic heterocycles. The van der Waals surface area contributed by atoms with Crippen molar-refractivity contribution >= 4 is 11.6 Å². The van der Waals surface area contributed by atoms with Gasteiger partial charge in [-0.1, -0.05) is 25.4 Å². The van der Waals surface area contributed by atoms with Crippen LogP contribution in [0.4, 0.5) is 0 Å². The Morgan fingerprint density at radius 2 is 2.00 bits per heavy atom. The van der Waals surface area contributed by atoms with E-state index in [-0.39, 0.29) is 17.9 Å². The number of benzene rings is 1. The largest absolute Gasteiger partial charge is 0.454 e. The van der Waals surface area contributed by atoms with Crippen molar-refractivity contribution in [3.8, 4) is 28.8 Å². The molecule has 3 rings (SSSR count). The topological polar surface area (TPSA) is 55.1 Å². The highest BCUT2D eigenvalue weighted by molar-refractivity contribution is 6.30. The number of hydrogen-bond donors (Lipinski definition) is 0. The number of nitriles is 1. The Bertz CT molecular complexity index is 751. The minimum Gasteiger partial charge on any atom is -0.454 e. The maximum Gasteiger partial charge on any atom is 0.231 e. The average Bonchev–Trinajstić information content (AvgIpc) is 2.93. The van der Waals surface area contributed by atoms with E-state index in [1.807, 2.05) is 38.1 Å². The second-order valence-corrected chi connectivity index (χ2v) is 5.46. The molecule has 0 saturated heterocycles. The summed E-state index contributed by atoms with van der Waals surface area (Å²) in [6.07, 6.45) is 0. The van der Waals surface area contributed by atoms with E-state index in [0.717, 1.165) is 22.6 Å². The molecule has 0 spiro atoms. The molecule has 1 aromatic carbocycles. The van der Waals surface area contributed by atoms with Crippen molar-refractivity contribution < 1.29 is 9.47 Å². The van der Waals surface area contributed by atoms with Gasteiger partial charge in [0.05, 0.1) is 11.3 Å². The number of aromatic nitrogens is 1. The van der Waals surface area contributed by atoms with Gasteiger partial charge in [-0.2, -0.15) is 5.26 Å². The van der Waals surface area contributed by atoms with Crippen LogP contribution in [0.1, 0.15) is 30.9 Å². The normalized spacial score (nSPS) is 12.5. The number of halogens is 1. The predicted octanol–water partition coefficient (Wildman–Crippen LogP) is 4.13. The van der Waals surface area contributed by atoms with Crippen molar-refractivity contribution in [2.75, 3.05) is 6.79 Å². The zero-order valence-corrected chi connectivity index (χ0v) is 12.4. The molecule has 21 heavy (non-hydrogen) atoms. The summed E-state index contributed by atoms with van der Waals surface area (Å²) in [6.45, 7) is 4.28. The Balaban J connectivity index is 2.13. The highest BCUT2D eigenvalue weighted by Crippen LogP contribution is 2.37. The molecule has 4 nitrogen and oxygen atoms in total. The lowest BCUT2D eigenvalue weighted by molar-refractivity contribution is 0.174. The summed E-state index contributed by atoms with van der Waals surface area (Å²) < 4.78 is 10.7. The van der Waals surface area contributed by atoms with Crippen molar-refractivity contribution in [3.63, 3.8) is 0 Å². The maximum absolute atomic E-state index is 9.23. The smallest absolute Gasteiger partial charge is 0.231 e. The lowest BCUT2D eigenvalue weighted by Crippen LogP contribution is -1.98. The molecule has 2 aromatic rings.